The number of aromatic nitrogens is 2. The average Bonchev–Trinajstić information content (AvgIpc) is 2.96. The minimum Gasteiger partial charge on any atom is -0.478 e. The zero-order valence-corrected chi connectivity index (χ0v) is 12.7. The van der Waals surface area contributed by atoms with Gasteiger partial charge in [0.15, 0.2) is 0 Å². The van der Waals surface area contributed by atoms with Gasteiger partial charge in [-0.25, -0.2) is 22.9 Å². The van der Waals surface area contributed by atoms with Crippen LogP contribution in [0.3, 0.4) is 0 Å². The topological polar surface area (TPSA) is 101 Å². The maximum atomic E-state index is 12.3. The molecule has 0 bridgehead atoms. The summed E-state index contributed by atoms with van der Waals surface area (Å²) in [5, 5.41) is 8.94. The summed E-state index contributed by atoms with van der Waals surface area (Å²) in [6, 6.07) is 10.7. The second-order valence-electron chi connectivity index (χ2n) is 4.83. The fourth-order valence-electron chi connectivity index (χ4n) is 2.17. The number of fused-ring (bicyclic) bond motifs is 1. The molecule has 3 rings (SSSR count). The van der Waals surface area contributed by atoms with Crippen molar-refractivity contribution in [3.63, 3.8) is 0 Å². The molecule has 0 radical (unpaired) electrons. The van der Waals surface area contributed by atoms with E-state index in [1.54, 1.807) is 16.8 Å². The molecule has 0 unspecified atom stereocenters. The second kappa shape index (κ2) is 5.82. The highest BCUT2D eigenvalue weighted by molar-refractivity contribution is 7.89. The van der Waals surface area contributed by atoms with E-state index in [-0.39, 0.29) is 17.0 Å². The molecular formula is C15H13N3O4S. The first-order valence-electron chi connectivity index (χ1n) is 6.71. The first-order valence-corrected chi connectivity index (χ1v) is 8.20. The lowest BCUT2D eigenvalue weighted by atomic mass is 10.2. The van der Waals surface area contributed by atoms with Crippen LogP contribution in [0.15, 0.2) is 59.8 Å². The molecular weight excluding hydrogens is 318 g/mol. The van der Waals surface area contributed by atoms with Gasteiger partial charge in [0.05, 0.1) is 28.7 Å². The SMILES string of the molecule is O=C(O)c1cccc(S(=O)(=O)NCc2ncc3ccccn23)c1. The van der Waals surface area contributed by atoms with E-state index in [1.165, 1.54) is 18.2 Å². The third kappa shape index (κ3) is 3.08. The lowest BCUT2D eigenvalue weighted by molar-refractivity contribution is 0.0696. The van der Waals surface area contributed by atoms with Gasteiger partial charge >= 0.3 is 5.97 Å². The second-order valence-corrected chi connectivity index (χ2v) is 6.59. The molecule has 0 saturated carbocycles. The maximum absolute atomic E-state index is 12.3. The summed E-state index contributed by atoms with van der Waals surface area (Å²) in [5.74, 6) is -0.639. The number of nitrogens with zero attached hydrogens (tertiary/aromatic N) is 2. The summed E-state index contributed by atoms with van der Waals surface area (Å²) in [4.78, 5) is 15.0. The third-order valence-corrected chi connectivity index (χ3v) is 4.73. The van der Waals surface area contributed by atoms with E-state index in [1.807, 2.05) is 18.2 Å². The van der Waals surface area contributed by atoms with Gasteiger partial charge in [-0.1, -0.05) is 12.1 Å². The van der Waals surface area contributed by atoms with Crippen LogP contribution in [0, 0.1) is 0 Å². The van der Waals surface area contributed by atoms with Crippen molar-refractivity contribution in [2.75, 3.05) is 0 Å². The summed E-state index contributed by atoms with van der Waals surface area (Å²) < 4.78 is 28.8. The van der Waals surface area contributed by atoms with Gasteiger partial charge in [0, 0.05) is 6.20 Å². The predicted molar refractivity (Wildman–Crippen MR) is 82.6 cm³/mol. The number of nitrogens with one attached hydrogen (secondary N) is 1. The minimum atomic E-state index is -3.83. The van der Waals surface area contributed by atoms with E-state index in [0.29, 0.717) is 5.82 Å². The van der Waals surface area contributed by atoms with Crippen molar-refractivity contribution in [2.24, 2.45) is 0 Å². The van der Waals surface area contributed by atoms with E-state index in [0.717, 1.165) is 11.6 Å². The minimum absolute atomic E-state index is 0.00217. The van der Waals surface area contributed by atoms with Crippen LogP contribution in [0.5, 0.6) is 0 Å². The number of rotatable bonds is 5. The molecule has 2 N–H and O–H groups in total. The Balaban J connectivity index is 1.84. The number of imidazole rings is 1. The van der Waals surface area contributed by atoms with E-state index in [2.05, 4.69) is 9.71 Å². The Labute approximate surface area is 132 Å². The summed E-state index contributed by atoms with van der Waals surface area (Å²) in [5.41, 5.74) is 0.772. The summed E-state index contributed by atoms with van der Waals surface area (Å²) in [6.07, 6.45) is 3.44. The molecule has 23 heavy (non-hydrogen) atoms. The highest BCUT2D eigenvalue weighted by Gasteiger charge is 2.17. The van der Waals surface area contributed by atoms with Crippen molar-refractivity contribution in [1.82, 2.24) is 14.1 Å². The van der Waals surface area contributed by atoms with Gasteiger partial charge in [0.25, 0.3) is 0 Å². The smallest absolute Gasteiger partial charge is 0.335 e. The maximum Gasteiger partial charge on any atom is 0.335 e. The largest absolute Gasteiger partial charge is 0.478 e. The van der Waals surface area contributed by atoms with Gasteiger partial charge in [-0.2, -0.15) is 0 Å². The Bertz CT molecular complexity index is 979. The standard InChI is InChI=1S/C15H13N3O4S/c19-15(20)11-4-3-6-13(8-11)23(21,22)17-10-14-16-9-12-5-1-2-7-18(12)14/h1-9,17H,10H2,(H,19,20). The molecule has 2 heterocycles. The van der Waals surface area contributed by atoms with Crippen LogP contribution in [0.1, 0.15) is 16.2 Å². The van der Waals surface area contributed by atoms with Gasteiger partial charge in [-0.05, 0) is 30.3 Å². The lowest BCUT2D eigenvalue weighted by Crippen LogP contribution is -2.24. The summed E-state index contributed by atoms with van der Waals surface area (Å²) >= 11 is 0. The van der Waals surface area contributed by atoms with Gasteiger partial charge in [0.2, 0.25) is 10.0 Å². The van der Waals surface area contributed by atoms with E-state index in [4.69, 9.17) is 5.11 Å². The molecule has 3 aromatic rings. The number of carbonyl (C=O) groups is 1. The number of sulfonamides is 1. The monoisotopic (exact) mass is 331 g/mol. The van der Waals surface area contributed by atoms with Crippen molar-refractivity contribution in [2.45, 2.75) is 11.4 Å². The van der Waals surface area contributed by atoms with Crippen LogP contribution in [0.2, 0.25) is 0 Å². The Morgan fingerprint density at radius 2 is 2.04 bits per heavy atom. The molecule has 118 valence electrons. The van der Waals surface area contributed by atoms with Gasteiger partial charge in [-0.3, -0.25) is 0 Å². The highest BCUT2D eigenvalue weighted by atomic mass is 32.2. The molecule has 0 atom stereocenters. The van der Waals surface area contributed by atoms with Crippen LogP contribution in [0.25, 0.3) is 5.52 Å². The van der Waals surface area contributed by atoms with Crippen LogP contribution >= 0.6 is 0 Å². The molecule has 0 fully saturated rings. The number of hydrogen-bond donors (Lipinski definition) is 2. The predicted octanol–water partition coefficient (Wildman–Crippen LogP) is 1.51. The van der Waals surface area contributed by atoms with E-state index < -0.39 is 16.0 Å². The van der Waals surface area contributed by atoms with Crippen LogP contribution in [-0.4, -0.2) is 28.9 Å². The highest BCUT2D eigenvalue weighted by Crippen LogP contribution is 2.13. The normalized spacial score (nSPS) is 11.7. The zero-order valence-electron chi connectivity index (χ0n) is 11.9. The van der Waals surface area contributed by atoms with Crippen molar-refractivity contribution in [1.29, 1.82) is 0 Å². The number of aromatic carboxylic acids is 1. The number of benzene rings is 1. The summed E-state index contributed by atoms with van der Waals surface area (Å²) in [7, 11) is -3.83. The molecule has 0 aliphatic heterocycles. The fraction of sp³-hybridized carbons (Fsp3) is 0.0667. The molecule has 8 heteroatoms. The van der Waals surface area contributed by atoms with Crippen LogP contribution < -0.4 is 4.72 Å². The van der Waals surface area contributed by atoms with Crippen molar-refractivity contribution >= 4 is 21.5 Å². The Morgan fingerprint density at radius 3 is 2.83 bits per heavy atom. The number of hydrogen-bond acceptors (Lipinski definition) is 4. The molecule has 0 amide bonds. The van der Waals surface area contributed by atoms with Gasteiger partial charge < -0.3 is 9.51 Å². The Morgan fingerprint density at radius 1 is 1.22 bits per heavy atom. The van der Waals surface area contributed by atoms with Crippen LogP contribution in [-0.2, 0) is 16.6 Å². The molecule has 0 saturated heterocycles. The number of carboxylic acids is 1. The van der Waals surface area contributed by atoms with Crippen LogP contribution in [0.4, 0.5) is 0 Å². The van der Waals surface area contributed by atoms with E-state index in [9.17, 15) is 13.2 Å². The summed E-state index contributed by atoms with van der Waals surface area (Å²) in [6.45, 7) is -0.00217. The Kier molecular flexibility index (Phi) is 3.85. The molecule has 2 aromatic heterocycles. The van der Waals surface area contributed by atoms with Gasteiger partial charge in [-0.15, -0.1) is 0 Å². The lowest BCUT2D eigenvalue weighted by Gasteiger charge is -2.07. The Hall–Kier alpha value is -2.71. The van der Waals surface area contributed by atoms with Gasteiger partial charge in [0.1, 0.15) is 5.82 Å². The van der Waals surface area contributed by atoms with Crippen molar-refractivity contribution in [3.05, 3.63) is 66.2 Å². The quantitative estimate of drug-likeness (QED) is 0.738. The fourth-order valence-corrected chi connectivity index (χ4v) is 3.20. The molecule has 0 aliphatic rings. The zero-order chi connectivity index (χ0) is 16.4. The first kappa shape index (κ1) is 15.2. The van der Waals surface area contributed by atoms with E-state index >= 15 is 0 Å². The molecule has 0 aliphatic carbocycles. The number of pyridine rings is 1. The first-order chi connectivity index (χ1) is 11.0. The average molecular weight is 331 g/mol. The third-order valence-electron chi connectivity index (χ3n) is 3.33. The van der Waals surface area contributed by atoms with Crippen molar-refractivity contribution < 1.29 is 18.3 Å². The number of carboxylic acid groups (broad SMARTS) is 1. The molecule has 0 spiro atoms. The van der Waals surface area contributed by atoms with Crippen molar-refractivity contribution in [3.8, 4) is 0 Å². The molecule has 7 nitrogen and oxygen atoms in total. The molecule has 1 aromatic carbocycles.